The lowest BCUT2D eigenvalue weighted by molar-refractivity contribution is -0.138. The molecule has 1 saturated carbocycles. The van der Waals surface area contributed by atoms with E-state index in [0.29, 0.717) is 37.3 Å². The second-order valence-electron chi connectivity index (χ2n) is 10.6. The van der Waals surface area contributed by atoms with Crippen LogP contribution in [0, 0.1) is 5.92 Å². The maximum absolute atomic E-state index is 12.6. The van der Waals surface area contributed by atoms with Crippen molar-refractivity contribution in [3.63, 3.8) is 0 Å². The molecule has 1 aliphatic carbocycles. The van der Waals surface area contributed by atoms with E-state index < -0.39 is 12.6 Å². The van der Waals surface area contributed by atoms with Crippen molar-refractivity contribution in [3.05, 3.63) is 53.9 Å². The van der Waals surface area contributed by atoms with Gasteiger partial charge in [-0.15, -0.1) is 0 Å². The van der Waals surface area contributed by atoms with E-state index >= 15 is 0 Å². The zero-order chi connectivity index (χ0) is 25.6. The molecule has 1 aromatic carbocycles. The average Bonchev–Trinajstić information content (AvgIpc) is 3.21. The Morgan fingerprint density at radius 3 is 2.62 bits per heavy atom. The highest BCUT2D eigenvalue weighted by Crippen LogP contribution is 2.38. The highest BCUT2D eigenvalue weighted by atomic mass is 19.4. The van der Waals surface area contributed by atoms with E-state index in [2.05, 4.69) is 46.1 Å². The van der Waals surface area contributed by atoms with E-state index in [1.165, 1.54) is 23.7 Å². The summed E-state index contributed by atoms with van der Waals surface area (Å²) in [5, 5.41) is 5.50. The molecule has 194 valence electrons. The molecule has 4 heterocycles. The predicted octanol–water partition coefficient (Wildman–Crippen LogP) is 6.78. The van der Waals surface area contributed by atoms with Crippen LogP contribution in [-0.4, -0.2) is 43.7 Å². The van der Waals surface area contributed by atoms with Gasteiger partial charge < -0.3 is 9.88 Å². The lowest BCUT2D eigenvalue weighted by atomic mass is 9.87. The number of fused-ring (bicyclic) bond motifs is 4. The van der Waals surface area contributed by atoms with Crippen LogP contribution in [0.1, 0.15) is 56.3 Å². The van der Waals surface area contributed by atoms with Crippen LogP contribution < -0.4 is 5.32 Å². The maximum Gasteiger partial charge on any atom is 0.390 e. The molecule has 3 aromatic heterocycles. The predicted molar refractivity (Wildman–Crippen MR) is 139 cm³/mol. The molecular formula is C28H31F3N6. The average molecular weight is 509 g/mol. The minimum atomic E-state index is -4.13. The van der Waals surface area contributed by atoms with Gasteiger partial charge in [-0.2, -0.15) is 18.2 Å². The molecule has 2 aliphatic rings. The smallest absolute Gasteiger partial charge is 0.322 e. The van der Waals surface area contributed by atoms with Gasteiger partial charge in [-0.3, -0.25) is 4.90 Å². The summed E-state index contributed by atoms with van der Waals surface area (Å²) < 4.78 is 40.2. The highest BCUT2D eigenvalue weighted by molar-refractivity contribution is 6.06. The van der Waals surface area contributed by atoms with Crippen molar-refractivity contribution in [2.24, 2.45) is 5.92 Å². The maximum atomic E-state index is 12.6. The molecule has 0 unspecified atom stereocenters. The van der Waals surface area contributed by atoms with Crippen LogP contribution in [0.15, 0.2) is 42.6 Å². The van der Waals surface area contributed by atoms with Crippen molar-refractivity contribution < 1.29 is 13.2 Å². The van der Waals surface area contributed by atoms with Crippen molar-refractivity contribution >= 4 is 33.7 Å². The summed E-state index contributed by atoms with van der Waals surface area (Å²) in [6, 6.07) is 12.7. The Hall–Kier alpha value is -3.20. The largest absolute Gasteiger partial charge is 0.390 e. The first-order valence-electron chi connectivity index (χ1n) is 13.1. The van der Waals surface area contributed by atoms with Crippen LogP contribution in [0.3, 0.4) is 0 Å². The van der Waals surface area contributed by atoms with Crippen LogP contribution in [0.25, 0.3) is 21.9 Å². The van der Waals surface area contributed by atoms with Gasteiger partial charge in [0.15, 0.2) is 0 Å². The number of pyridine rings is 1. The van der Waals surface area contributed by atoms with Crippen LogP contribution in [0.4, 0.5) is 24.9 Å². The zero-order valence-electron chi connectivity index (χ0n) is 20.9. The number of anilines is 2. The van der Waals surface area contributed by atoms with E-state index in [9.17, 15) is 13.2 Å². The Morgan fingerprint density at radius 1 is 1.00 bits per heavy atom. The first-order valence-corrected chi connectivity index (χ1v) is 13.1. The number of halogens is 3. The number of nitrogens with zero attached hydrogens (tertiary/aromatic N) is 5. The second-order valence-corrected chi connectivity index (χ2v) is 10.6. The third-order valence-electron chi connectivity index (χ3n) is 7.88. The fourth-order valence-electron chi connectivity index (χ4n) is 5.84. The molecule has 4 aromatic rings. The molecule has 37 heavy (non-hydrogen) atoms. The van der Waals surface area contributed by atoms with Crippen LogP contribution in [0.5, 0.6) is 0 Å². The van der Waals surface area contributed by atoms with Gasteiger partial charge >= 0.3 is 6.18 Å². The molecule has 6 rings (SSSR count). The van der Waals surface area contributed by atoms with Crippen molar-refractivity contribution in [1.29, 1.82) is 0 Å². The molecule has 1 N–H and O–H groups in total. The van der Waals surface area contributed by atoms with Crippen LogP contribution in [0.2, 0.25) is 0 Å². The topological polar surface area (TPSA) is 58.9 Å². The van der Waals surface area contributed by atoms with Crippen molar-refractivity contribution in [2.45, 2.75) is 64.2 Å². The van der Waals surface area contributed by atoms with Gasteiger partial charge in [0.05, 0.1) is 11.9 Å². The van der Waals surface area contributed by atoms with Gasteiger partial charge in [0, 0.05) is 54.8 Å². The molecule has 0 spiro atoms. The Morgan fingerprint density at radius 2 is 1.81 bits per heavy atom. The molecule has 0 atom stereocenters. The summed E-state index contributed by atoms with van der Waals surface area (Å²) in [4.78, 5) is 16.2. The minimum absolute atomic E-state index is 0.0186. The van der Waals surface area contributed by atoms with Crippen molar-refractivity contribution in [1.82, 2.24) is 24.4 Å². The monoisotopic (exact) mass is 508 g/mol. The first kappa shape index (κ1) is 24.2. The SMILES string of the molecule is C[C@H]1CC[C@H](n2c3ccccc3c3cnc(Nc4ccc5c(n4)CCN(CCC(F)(F)F)C5)nc32)CC1. The fourth-order valence-corrected chi connectivity index (χ4v) is 5.84. The van der Waals surface area contributed by atoms with Gasteiger partial charge in [0.1, 0.15) is 11.5 Å². The standard InChI is InChI=1S/C28H31F3N6/c1-18-6-9-20(10-7-18)37-24-5-3-2-4-21(24)22-16-32-27(35-26(22)37)34-25-11-8-19-17-36(14-12-23(19)33-25)15-13-28(29,30)31/h2-5,8,11,16,18,20H,6-7,9-10,12-15,17H2,1H3,(H,32,33,34,35)/t18-,20-. The number of alkyl halides is 3. The van der Waals surface area contributed by atoms with Gasteiger partial charge in [0.2, 0.25) is 5.95 Å². The summed E-state index contributed by atoms with van der Waals surface area (Å²) in [6.45, 7) is 3.41. The van der Waals surface area contributed by atoms with E-state index in [0.717, 1.165) is 41.1 Å². The molecule has 6 nitrogen and oxygen atoms in total. The molecule has 0 saturated heterocycles. The van der Waals surface area contributed by atoms with E-state index in [-0.39, 0.29) is 6.54 Å². The third kappa shape index (κ3) is 5.01. The molecule has 0 amide bonds. The Balaban J connectivity index is 1.26. The summed E-state index contributed by atoms with van der Waals surface area (Å²) in [6.07, 6.45) is 2.34. The number of para-hydroxylation sites is 1. The van der Waals surface area contributed by atoms with Crippen molar-refractivity contribution in [2.75, 3.05) is 18.4 Å². The zero-order valence-corrected chi connectivity index (χ0v) is 20.9. The van der Waals surface area contributed by atoms with Gasteiger partial charge in [-0.05, 0) is 49.3 Å². The molecule has 0 radical (unpaired) electrons. The number of rotatable bonds is 5. The van der Waals surface area contributed by atoms with Gasteiger partial charge in [0.25, 0.3) is 0 Å². The Kier molecular flexibility index (Phi) is 6.26. The lowest BCUT2D eigenvalue weighted by Crippen LogP contribution is -2.33. The first-order chi connectivity index (χ1) is 17.8. The van der Waals surface area contributed by atoms with E-state index in [4.69, 9.17) is 9.97 Å². The minimum Gasteiger partial charge on any atom is -0.322 e. The third-order valence-corrected chi connectivity index (χ3v) is 7.88. The molecule has 1 fully saturated rings. The molecule has 0 bridgehead atoms. The summed E-state index contributed by atoms with van der Waals surface area (Å²) in [5.74, 6) is 1.91. The van der Waals surface area contributed by atoms with Gasteiger partial charge in [-0.1, -0.05) is 31.2 Å². The summed E-state index contributed by atoms with van der Waals surface area (Å²) >= 11 is 0. The van der Waals surface area contributed by atoms with Gasteiger partial charge in [-0.25, -0.2) is 9.97 Å². The Bertz CT molecular complexity index is 1420. The number of benzene rings is 1. The number of hydrogen-bond acceptors (Lipinski definition) is 5. The molecule has 1 aliphatic heterocycles. The summed E-state index contributed by atoms with van der Waals surface area (Å²) in [5.41, 5.74) is 4.03. The van der Waals surface area contributed by atoms with E-state index in [1.807, 2.05) is 23.2 Å². The molecule has 9 heteroatoms. The number of nitrogens with one attached hydrogen (secondary N) is 1. The van der Waals surface area contributed by atoms with Crippen molar-refractivity contribution in [3.8, 4) is 0 Å². The lowest BCUT2D eigenvalue weighted by Gasteiger charge is -2.28. The number of hydrogen-bond donors (Lipinski definition) is 1. The normalized spacial score (nSPS) is 20.9. The Labute approximate surface area is 213 Å². The fraction of sp³-hybridized carbons (Fsp3) is 0.464. The highest BCUT2D eigenvalue weighted by Gasteiger charge is 2.29. The second kappa shape index (κ2) is 9.59. The molecular weight excluding hydrogens is 477 g/mol. The van der Waals surface area contributed by atoms with E-state index in [1.54, 1.807) is 0 Å². The number of aromatic nitrogens is 4. The summed E-state index contributed by atoms with van der Waals surface area (Å²) in [7, 11) is 0. The van der Waals surface area contributed by atoms with Crippen LogP contribution >= 0.6 is 0 Å². The van der Waals surface area contributed by atoms with Crippen LogP contribution in [-0.2, 0) is 13.0 Å². The quantitative estimate of drug-likeness (QED) is 0.322.